The van der Waals surface area contributed by atoms with Crippen LogP contribution in [-0.4, -0.2) is 13.5 Å². The molecule has 0 saturated carbocycles. The Balaban J connectivity index is 1.84. The van der Waals surface area contributed by atoms with Crippen LogP contribution in [0.1, 0.15) is 34.2 Å². The number of thiophene rings is 2. The summed E-state index contributed by atoms with van der Waals surface area (Å²) >= 11 is 2.81. The van der Waals surface area contributed by atoms with Gasteiger partial charge in [0.05, 0.1) is 6.61 Å². The Kier molecular flexibility index (Phi) is 3.96. The van der Waals surface area contributed by atoms with E-state index in [2.05, 4.69) is 4.72 Å². The van der Waals surface area contributed by atoms with Crippen LogP contribution in [0.3, 0.4) is 0 Å². The largest absolute Gasteiger partial charge is 0.391 e. The van der Waals surface area contributed by atoms with Gasteiger partial charge >= 0.3 is 0 Å². The molecule has 20 heavy (non-hydrogen) atoms. The third-order valence-corrected chi connectivity index (χ3v) is 7.44. The van der Waals surface area contributed by atoms with Gasteiger partial charge in [0.25, 0.3) is 10.0 Å². The van der Waals surface area contributed by atoms with Crippen LogP contribution in [0.5, 0.6) is 0 Å². The normalized spacial score (nSPS) is 18.9. The van der Waals surface area contributed by atoms with Crippen molar-refractivity contribution in [2.24, 2.45) is 0 Å². The summed E-state index contributed by atoms with van der Waals surface area (Å²) in [5, 5.41) is 11.1. The summed E-state index contributed by atoms with van der Waals surface area (Å²) in [5.74, 6) is 0. The molecule has 4 nitrogen and oxygen atoms in total. The van der Waals surface area contributed by atoms with Gasteiger partial charge in [-0.2, -0.15) is 0 Å². The molecule has 1 aliphatic rings. The molecule has 2 N–H and O–H groups in total. The zero-order valence-electron chi connectivity index (χ0n) is 10.7. The molecule has 0 saturated heterocycles. The van der Waals surface area contributed by atoms with E-state index in [1.165, 1.54) is 4.88 Å². The Morgan fingerprint density at radius 3 is 2.95 bits per heavy atom. The smallest absolute Gasteiger partial charge is 0.250 e. The minimum absolute atomic E-state index is 0.127. The first-order valence-corrected chi connectivity index (χ1v) is 9.56. The van der Waals surface area contributed by atoms with Gasteiger partial charge in [-0.1, -0.05) is 0 Å². The molecular weight excluding hydrogens is 314 g/mol. The van der Waals surface area contributed by atoms with Crippen molar-refractivity contribution in [2.75, 3.05) is 0 Å². The number of fused-ring (bicyclic) bond motifs is 1. The highest BCUT2D eigenvalue weighted by Gasteiger charge is 2.27. The van der Waals surface area contributed by atoms with Crippen molar-refractivity contribution >= 4 is 32.7 Å². The van der Waals surface area contributed by atoms with E-state index < -0.39 is 10.0 Å². The predicted octanol–water partition coefficient (Wildman–Crippen LogP) is 2.66. The molecular formula is C13H15NO3S3. The summed E-state index contributed by atoms with van der Waals surface area (Å²) in [6.07, 6.45) is 2.88. The molecule has 1 aliphatic carbocycles. The van der Waals surface area contributed by atoms with Crippen LogP contribution in [0.4, 0.5) is 0 Å². The number of aliphatic hydroxyl groups excluding tert-OH is 1. The molecule has 1 atom stereocenters. The van der Waals surface area contributed by atoms with Crippen LogP contribution in [0, 0.1) is 0 Å². The highest BCUT2D eigenvalue weighted by atomic mass is 32.2. The molecule has 0 aromatic carbocycles. The average molecular weight is 329 g/mol. The maximum atomic E-state index is 12.4. The van der Waals surface area contributed by atoms with Crippen LogP contribution >= 0.6 is 22.7 Å². The Labute approximate surface area is 126 Å². The van der Waals surface area contributed by atoms with E-state index in [-0.39, 0.29) is 16.9 Å². The van der Waals surface area contributed by atoms with Gasteiger partial charge in [-0.3, -0.25) is 0 Å². The van der Waals surface area contributed by atoms with Crippen LogP contribution in [0.25, 0.3) is 0 Å². The second-order valence-electron chi connectivity index (χ2n) is 4.74. The minimum Gasteiger partial charge on any atom is -0.391 e. The first kappa shape index (κ1) is 14.2. The molecule has 1 unspecified atom stereocenters. The van der Waals surface area contributed by atoms with E-state index in [0.29, 0.717) is 4.88 Å². The van der Waals surface area contributed by atoms with Crippen molar-refractivity contribution < 1.29 is 13.5 Å². The summed E-state index contributed by atoms with van der Waals surface area (Å²) in [6, 6.07) is 5.08. The van der Waals surface area contributed by atoms with Crippen molar-refractivity contribution in [3.05, 3.63) is 38.9 Å². The zero-order chi connectivity index (χ0) is 14.2. The topological polar surface area (TPSA) is 66.4 Å². The highest BCUT2D eigenvalue weighted by molar-refractivity contribution is 7.91. The number of sulfonamides is 1. The first-order chi connectivity index (χ1) is 9.60. The van der Waals surface area contributed by atoms with E-state index in [1.807, 2.05) is 11.4 Å². The summed E-state index contributed by atoms with van der Waals surface area (Å²) in [7, 11) is -3.51. The van der Waals surface area contributed by atoms with E-state index in [0.717, 1.165) is 36.2 Å². The van der Waals surface area contributed by atoms with Gasteiger partial charge in [0.2, 0.25) is 0 Å². The van der Waals surface area contributed by atoms with Gasteiger partial charge < -0.3 is 5.11 Å². The van der Waals surface area contributed by atoms with E-state index in [9.17, 15) is 8.42 Å². The molecule has 0 amide bonds. The van der Waals surface area contributed by atoms with Gasteiger partial charge in [0, 0.05) is 15.8 Å². The maximum Gasteiger partial charge on any atom is 0.250 e. The molecule has 0 radical (unpaired) electrons. The molecule has 0 spiro atoms. The van der Waals surface area contributed by atoms with Crippen LogP contribution in [0.2, 0.25) is 0 Å². The maximum absolute atomic E-state index is 12.4. The number of hydrogen-bond donors (Lipinski definition) is 2. The van der Waals surface area contributed by atoms with Crippen LogP contribution in [-0.2, 0) is 23.1 Å². The van der Waals surface area contributed by atoms with E-state index >= 15 is 0 Å². The molecule has 2 aromatic heterocycles. The van der Waals surface area contributed by atoms with Crippen molar-refractivity contribution in [1.29, 1.82) is 0 Å². The lowest BCUT2D eigenvalue weighted by molar-refractivity contribution is 0.285. The Bertz CT molecular complexity index is 702. The minimum atomic E-state index is -3.51. The third-order valence-electron chi connectivity index (χ3n) is 3.41. The van der Waals surface area contributed by atoms with Crippen molar-refractivity contribution in [3.63, 3.8) is 0 Å². The monoisotopic (exact) mass is 329 g/mol. The SMILES string of the molecule is O=S(=O)(NC1CCCc2sccc21)c1ccc(CO)s1. The Hall–Kier alpha value is -0.730. The number of rotatable bonds is 4. The summed E-state index contributed by atoms with van der Waals surface area (Å²) in [4.78, 5) is 1.94. The lowest BCUT2D eigenvalue weighted by atomic mass is 9.95. The zero-order valence-corrected chi connectivity index (χ0v) is 13.2. The number of nitrogens with one attached hydrogen (secondary N) is 1. The number of aryl methyl sites for hydroxylation is 1. The Morgan fingerprint density at radius 2 is 2.20 bits per heavy atom. The predicted molar refractivity (Wildman–Crippen MR) is 80.6 cm³/mol. The van der Waals surface area contributed by atoms with E-state index in [1.54, 1.807) is 23.5 Å². The molecule has 2 heterocycles. The highest BCUT2D eigenvalue weighted by Crippen LogP contribution is 2.34. The molecule has 3 rings (SSSR count). The van der Waals surface area contributed by atoms with Gasteiger partial charge in [-0.15, -0.1) is 22.7 Å². The standard InChI is InChI=1S/C13H15NO3S3/c15-8-9-4-5-13(19-9)20(16,17)14-11-2-1-3-12-10(11)6-7-18-12/h4-7,11,14-15H,1-3,8H2. The van der Waals surface area contributed by atoms with Crippen LogP contribution < -0.4 is 4.72 Å². The second kappa shape index (κ2) is 5.57. The number of hydrogen-bond acceptors (Lipinski definition) is 5. The third kappa shape index (κ3) is 2.68. The fraction of sp³-hybridized carbons (Fsp3) is 0.385. The first-order valence-electron chi connectivity index (χ1n) is 6.38. The molecule has 0 bridgehead atoms. The lowest BCUT2D eigenvalue weighted by Crippen LogP contribution is -2.30. The van der Waals surface area contributed by atoms with E-state index in [4.69, 9.17) is 5.11 Å². The number of aliphatic hydroxyl groups is 1. The van der Waals surface area contributed by atoms with Crippen molar-refractivity contribution in [1.82, 2.24) is 4.72 Å². The fourth-order valence-corrected chi connectivity index (χ4v) is 5.91. The molecule has 0 fully saturated rings. The van der Waals surface area contributed by atoms with Gasteiger partial charge in [-0.05, 0) is 48.4 Å². The summed E-state index contributed by atoms with van der Waals surface area (Å²) in [5.41, 5.74) is 1.11. The Morgan fingerprint density at radius 1 is 1.35 bits per heavy atom. The molecule has 2 aromatic rings. The van der Waals surface area contributed by atoms with Gasteiger partial charge in [-0.25, -0.2) is 13.1 Å². The summed E-state index contributed by atoms with van der Waals surface area (Å²) < 4.78 is 27.8. The van der Waals surface area contributed by atoms with Crippen LogP contribution in [0.15, 0.2) is 27.8 Å². The molecule has 108 valence electrons. The van der Waals surface area contributed by atoms with Gasteiger partial charge in [0.15, 0.2) is 0 Å². The lowest BCUT2D eigenvalue weighted by Gasteiger charge is -2.23. The molecule has 0 aliphatic heterocycles. The average Bonchev–Trinajstić information content (AvgIpc) is 3.08. The van der Waals surface area contributed by atoms with Crippen molar-refractivity contribution in [3.8, 4) is 0 Å². The second-order valence-corrected chi connectivity index (χ2v) is 8.85. The summed E-state index contributed by atoms with van der Waals surface area (Å²) in [6.45, 7) is -0.127. The fourth-order valence-electron chi connectivity index (χ4n) is 2.44. The quantitative estimate of drug-likeness (QED) is 0.906. The molecule has 7 heteroatoms. The van der Waals surface area contributed by atoms with Crippen molar-refractivity contribution in [2.45, 2.75) is 36.1 Å². The van der Waals surface area contributed by atoms with Gasteiger partial charge in [0.1, 0.15) is 4.21 Å².